The zero-order valence-corrected chi connectivity index (χ0v) is 9.22. The van der Waals surface area contributed by atoms with Crippen LogP contribution in [0.25, 0.3) is 0 Å². The molecular formula is C12H14N2O2. The Morgan fingerprint density at radius 3 is 2.88 bits per heavy atom. The lowest BCUT2D eigenvalue weighted by Gasteiger charge is -2.18. The van der Waals surface area contributed by atoms with Gasteiger partial charge in [0.2, 0.25) is 0 Å². The summed E-state index contributed by atoms with van der Waals surface area (Å²) in [7, 11) is 1.91. The van der Waals surface area contributed by atoms with Gasteiger partial charge in [-0.05, 0) is 12.1 Å². The van der Waals surface area contributed by atoms with Gasteiger partial charge in [0.25, 0.3) is 0 Å². The molecule has 0 saturated carbocycles. The lowest BCUT2D eigenvalue weighted by atomic mass is 10.3. The van der Waals surface area contributed by atoms with E-state index in [0.717, 1.165) is 5.69 Å². The van der Waals surface area contributed by atoms with Crippen molar-refractivity contribution in [2.75, 3.05) is 25.1 Å². The van der Waals surface area contributed by atoms with Crippen LogP contribution >= 0.6 is 0 Å². The summed E-state index contributed by atoms with van der Waals surface area (Å²) in [6.07, 6.45) is 8.72. The van der Waals surface area contributed by atoms with E-state index >= 15 is 0 Å². The summed E-state index contributed by atoms with van der Waals surface area (Å²) < 4.78 is 4.76. The molecule has 0 saturated heterocycles. The van der Waals surface area contributed by atoms with Gasteiger partial charge in [0.05, 0.1) is 6.42 Å². The van der Waals surface area contributed by atoms with E-state index in [0.29, 0.717) is 13.0 Å². The maximum absolute atomic E-state index is 11.2. The molecule has 0 aliphatic heterocycles. The van der Waals surface area contributed by atoms with E-state index in [4.69, 9.17) is 11.2 Å². The molecular weight excluding hydrogens is 204 g/mol. The molecule has 84 valence electrons. The number of esters is 1. The van der Waals surface area contributed by atoms with Crippen LogP contribution in [0.1, 0.15) is 6.42 Å². The second kappa shape index (κ2) is 6.46. The number of pyridine rings is 1. The number of rotatable bonds is 5. The summed E-state index contributed by atoms with van der Waals surface area (Å²) in [5.41, 5.74) is 1.01. The first kappa shape index (κ1) is 12.1. The molecule has 4 heteroatoms. The summed E-state index contributed by atoms with van der Waals surface area (Å²) in [6, 6.07) is 3.76. The number of nitrogens with zero attached hydrogens (tertiary/aromatic N) is 2. The average Bonchev–Trinajstić information content (AvgIpc) is 2.34. The zero-order chi connectivity index (χ0) is 11.8. The van der Waals surface area contributed by atoms with Crippen molar-refractivity contribution in [1.29, 1.82) is 0 Å². The molecule has 0 atom stereocenters. The molecule has 0 aromatic carbocycles. The van der Waals surface area contributed by atoms with Crippen LogP contribution in [-0.2, 0) is 9.53 Å². The smallest absolute Gasteiger partial charge is 0.308 e. The first-order valence-electron chi connectivity index (χ1n) is 4.94. The molecule has 0 spiro atoms. The van der Waals surface area contributed by atoms with Crippen molar-refractivity contribution in [1.82, 2.24) is 4.98 Å². The Kier molecular flexibility index (Phi) is 4.87. The van der Waals surface area contributed by atoms with Crippen molar-refractivity contribution in [3.05, 3.63) is 24.5 Å². The molecule has 0 aliphatic rings. The van der Waals surface area contributed by atoms with Crippen LogP contribution in [0.15, 0.2) is 24.5 Å². The quantitative estimate of drug-likeness (QED) is 0.548. The predicted octanol–water partition coefficient (Wildman–Crippen LogP) is 1.08. The maximum atomic E-state index is 11.2. The fourth-order valence-corrected chi connectivity index (χ4v) is 1.18. The third-order valence-corrected chi connectivity index (χ3v) is 2.07. The van der Waals surface area contributed by atoms with Gasteiger partial charge >= 0.3 is 5.97 Å². The zero-order valence-electron chi connectivity index (χ0n) is 9.22. The van der Waals surface area contributed by atoms with Crippen molar-refractivity contribution < 1.29 is 9.53 Å². The van der Waals surface area contributed by atoms with Gasteiger partial charge in [0.15, 0.2) is 6.61 Å². The SMILES string of the molecule is C#CCOC(=O)CCN(C)c1ccncc1. The highest BCUT2D eigenvalue weighted by atomic mass is 16.5. The monoisotopic (exact) mass is 218 g/mol. The van der Waals surface area contributed by atoms with Gasteiger partial charge in [0, 0.05) is 31.7 Å². The average molecular weight is 218 g/mol. The van der Waals surface area contributed by atoms with E-state index in [1.165, 1.54) is 0 Å². The van der Waals surface area contributed by atoms with Crippen LogP contribution in [0.3, 0.4) is 0 Å². The molecule has 0 bridgehead atoms. The summed E-state index contributed by atoms with van der Waals surface area (Å²) in [5.74, 6) is 1.97. The van der Waals surface area contributed by atoms with Gasteiger partial charge in [-0.3, -0.25) is 9.78 Å². The van der Waals surface area contributed by atoms with E-state index in [-0.39, 0.29) is 12.6 Å². The molecule has 1 heterocycles. The molecule has 0 aliphatic carbocycles. The van der Waals surface area contributed by atoms with E-state index < -0.39 is 0 Å². The number of hydrogen-bond donors (Lipinski definition) is 0. The number of aromatic nitrogens is 1. The van der Waals surface area contributed by atoms with Crippen LogP contribution in [0.2, 0.25) is 0 Å². The molecule has 1 aromatic rings. The molecule has 0 radical (unpaired) electrons. The number of carbonyl (C=O) groups excluding carboxylic acids is 1. The second-order valence-corrected chi connectivity index (χ2v) is 3.24. The Labute approximate surface area is 95.2 Å². The molecule has 0 unspecified atom stereocenters. The first-order chi connectivity index (χ1) is 7.74. The summed E-state index contributed by atoms with van der Waals surface area (Å²) in [6.45, 7) is 0.630. The van der Waals surface area contributed by atoms with Crippen LogP contribution in [0.4, 0.5) is 5.69 Å². The lowest BCUT2D eigenvalue weighted by molar-refractivity contribution is -0.141. The molecule has 0 fully saturated rings. The molecule has 0 N–H and O–H groups in total. The fraction of sp³-hybridized carbons (Fsp3) is 0.333. The molecule has 0 amide bonds. The van der Waals surface area contributed by atoms with Crippen molar-refractivity contribution in [2.24, 2.45) is 0 Å². The Bertz CT molecular complexity index is 370. The summed E-state index contributed by atoms with van der Waals surface area (Å²) in [5, 5.41) is 0. The van der Waals surface area contributed by atoms with Crippen LogP contribution in [0.5, 0.6) is 0 Å². The van der Waals surface area contributed by atoms with Gasteiger partial charge in [-0.25, -0.2) is 0 Å². The van der Waals surface area contributed by atoms with Gasteiger partial charge < -0.3 is 9.64 Å². The molecule has 16 heavy (non-hydrogen) atoms. The standard InChI is InChI=1S/C12H14N2O2/c1-3-10-16-12(15)6-9-14(2)11-4-7-13-8-5-11/h1,4-5,7-8H,6,9-10H2,2H3. The summed E-state index contributed by atoms with van der Waals surface area (Å²) in [4.78, 5) is 17.1. The third kappa shape index (κ3) is 4.01. The Morgan fingerprint density at radius 2 is 2.25 bits per heavy atom. The Hall–Kier alpha value is -2.02. The van der Waals surface area contributed by atoms with E-state index in [1.807, 2.05) is 24.1 Å². The third-order valence-electron chi connectivity index (χ3n) is 2.07. The molecule has 1 aromatic heterocycles. The van der Waals surface area contributed by atoms with Crippen LogP contribution in [-0.4, -0.2) is 31.2 Å². The van der Waals surface area contributed by atoms with Crippen molar-refractivity contribution >= 4 is 11.7 Å². The number of carbonyl (C=O) groups is 1. The van der Waals surface area contributed by atoms with Crippen molar-refractivity contribution in [3.8, 4) is 12.3 Å². The van der Waals surface area contributed by atoms with Crippen molar-refractivity contribution in [2.45, 2.75) is 6.42 Å². The number of anilines is 1. The van der Waals surface area contributed by atoms with Gasteiger partial charge in [0.1, 0.15) is 0 Å². The van der Waals surface area contributed by atoms with E-state index in [1.54, 1.807) is 12.4 Å². The topological polar surface area (TPSA) is 42.4 Å². The number of ether oxygens (including phenoxy) is 1. The van der Waals surface area contributed by atoms with Gasteiger partial charge in [-0.1, -0.05) is 5.92 Å². The minimum Gasteiger partial charge on any atom is -0.452 e. The lowest BCUT2D eigenvalue weighted by Crippen LogP contribution is -2.22. The predicted molar refractivity (Wildman–Crippen MR) is 61.9 cm³/mol. The van der Waals surface area contributed by atoms with E-state index in [9.17, 15) is 4.79 Å². The molecule has 1 rings (SSSR count). The second-order valence-electron chi connectivity index (χ2n) is 3.24. The maximum Gasteiger partial charge on any atom is 0.308 e. The Morgan fingerprint density at radius 1 is 1.56 bits per heavy atom. The van der Waals surface area contributed by atoms with Crippen molar-refractivity contribution in [3.63, 3.8) is 0 Å². The fourth-order valence-electron chi connectivity index (χ4n) is 1.18. The minimum absolute atomic E-state index is 0.0395. The van der Waals surface area contributed by atoms with Gasteiger partial charge in [-0.15, -0.1) is 6.42 Å². The number of terminal acetylenes is 1. The minimum atomic E-state index is -0.279. The largest absolute Gasteiger partial charge is 0.452 e. The highest BCUT2D eigenvalue weighted by Gasteiger charge is 2.05. The van der Waals surface area contributed by atoms with Crippen LogP contribution in [0, 0.1) is 12.3 Å². The van der Waals surface area contributed by atoms with Crippen LogP contribution < -0.4 is 4.90 Å². The van der Waals surface area contributed by atoms with E-state index in [2.05, 4.69) is 10.9 Å². The normalized spacial score (nSPS) is 9.25. The molecule has 4 nitrogen and oxygen atoms in total. The summed E-state index contributed by atoms with van der Waals surface area (Å²) >= 11 is 0. The highest BCUT2D eigenvalue weighted by molar-refractivity contribution is 5.70. The Balaban J connectivity index is 2.33. The van der Waals surface area contributed by atoms with Gasteiger partial charge in [-0.2, -0.15) is 0 Å². The number of hydrogen-bond acceptors (Lipinski definition) is 4. The highest BCUT2D eigenvalue weighted by Crippen LogP contribution is 2.09. The first-order valence-corrected chi connectivity index (χ1v) is 4.94.